The Bertz CT molecular complexity index is 865. The van der Waals surface area contributed by atoms with Gasteiger partial charge in [-0.3, -0.25) is 4.79 Å². The van der Waals surface area contributed by atoms with Gasteiger partial charge in [0, 0.05) is 55.2 Å². The molecule has 0 aromatic carbocycles. The van der Waals surface area contributed by atoms with E-state index in [1.807, 2.05) is 31.9 Å². The van der Waals surface area contributed by atoms with Crippen LogP contribution in [0.3, 0.4) is 0 Å². The first-order valence-corrected chi connectivity index (χ1v) is 15.1. The van der Waals surface area contributed by atoms with E-state index in [9.17, 15) is 13.6 Å². The number of alkyl halides is 2. The highest BCUT2D eigenvalue weighted by Gasteiger charge is 2.46. The molecule has 6 rings (SSSR count). The maximum Gasteiger partial charge on any atom is 0.273 e. The van der Waals surface area contributed by atoms with Crippen LogP contribution in [0.2, 0.25) is 0 Å². The van der Waals surface area contributed by atoms with E-state index in [0.29, 0.717) is 29.6 Å². The van der Waals surface area contributed by atoms with Crippen molar-refractivity contribution in [2.45, 2.75) is 108 Å². The molecule has 2 saturated carbocycles. The number of nitrogens with one attached hydrogen (secondary N) is 1. The van der Waals surface area contributed by atoms with Gasteiger partial charge in [0.1, 0.15) is 5.76 Å². The van der Waals surface area contributed by atoms with Gasteiger partial charge in [0.2, 0.25) is 5.92 Å². The van der Waals surface area contributed by atoms with E-state index >= 15 is 0 Å². The zero-order valence-corrected chi connectivity index (χ0v) is 22.6. The van der Waals surface area contributed by atoms with Crippen molar-refractivity contribution in [2.24, 2.45) is 11.8 Å². The normalized spacial score (nSPS) is 30.9. The summed E-state index contributed by atoms with van der Waals surface area (Å²) < 4.78 is 34.2. The lowest BCUT2D eigenvalue weighted by atomic mass is 9.80. The fourth-order valence-electron chi connectivity index (χ4n) is 6.48. The van der Waals surface area contributed by atoms with Crippen molar-refractivity contribution >= 4 is 17.9 Å². The molecule has 0 radical (unpaired) electrons. The fourth-order valence-corrected chi connectivity index (χ4v) is 8.01. The SMILES string of the molecule is CC.O=C(NC1CC2CC[C@H](C1)N2SCC1CCN(CC2CC(F)(F)C2)CC1)c1cc(C2CC2)on1. The van der Waals surface area contributed by atoms with Crippen LogP contribution in [-0.4, -0.2) is 69.7 Å². The predicted molar refractivity (Wildman–Crippen MR) is 138 cm³/mol. The molecule has 3 atom stereocenters. The molecule has 6 nitrogen and oxygen atoms in total. The Balaban J connectivity index is 0.00000130. The second-order valence-corrected chi connectivity index (χ2v) is 12.5. The summed E-state index contributed by atoms with van der Waals surface area (Å²) in [7, 11) is 0. The molecule has 1 amide bonds. The van der Waals surface area contributed by atoms with Crippen LogP contribution in [0.25, 0.3) is 0 Å². The number of nitrogens with zero attached hydrogens (tertiary/aromatic N) is 3. The number of hydrogen-bond acceptors (Lipinski definition) is 6. The third-order valence-corrected chi connectivity index (χ3v) is 10.1. The number of aromatic nitrogens is 1. The molecular formula is C27H42F2N4O2S. The number of likely N-dealkylation sites (tertiary alicyclic amines) is 1. The molecular weight excluding hydrogens is 482 g/mol. The Morgan fingerprint density at radius 3 is 2.36 bits per heavy atom. The highest BCUT2D eigenvalue weighted by Crippen LogP contribution is 2.44. The maximum atomic E-state index is 13.1. The summed E-state index contributed by atoms with van der Waals surface area (Å²) in [6, 6.07) is 3.10. The zero-order chi connectivity index (χ0) is 25.3. The Kier molecular flexibility index (Phi) is 8.28. The van der Waals surface area contributed by atoms with E-state index in [-0.39, 0.29) is 30.7 Å². The highest BCUT2D eigenvalue weighted by atomic mass is 32.2. The van der Waals surface area contributed by atoms with Crippen molar-refractivity contribution in [2.75, 3.05) is 25.4 Å². The van der Waals surface area contributed by atoms with Crippen LogP contribution in [0.15, 0.2) is 10.6 Å². The molecule has 1 aromatic rings. The van der Waals surface area contributed by atoms with E-state index < -0.39 is 5.92 Å². The van der Waals surface area contributed by atoms with Crippen LogP contribution in [0.1, 0.15) is 100 Å². The second kappa shape index (κ2) is 11.3. The van der Waals surface area contributed by atoms with Gasteiger partial charge in [-0.25, -0.2) is 13.1 Å². The van der Waals surface area contributed by atoms with Crippen molar-refractivity contribution in [1.29, 1.82) is 0 Å². The van der Waals surface area contributed by atoms with Gasteiger partial charge in [0.25, 0.3) is 5.91 Å². The average Bonchev–Trinajstić information content (AvgIpc) is 3.53. The lowest BCUT2D eigenvalue weighted by molar-refractivity contribution is -0.117. The first kappa shape index (κ1) is 26.4. The van der Waals surface area contributed by atoms with Crippen LogP contribution in [0.5, 0.6) is 0 Å². The largest absolute Gasteiger partial charge is 0.360 e. The third-order valence-electron chi connectivity index (χ3n) is 8.60. The van der Waals surface area contributed by atoms with Gasteiger partial charge in [-0.1, -0.05) is 31.0 Å². The van der Waals surface area contributed by atoms with Crippen molar-refractivity contribution in [3.63, 3.8) is 0 Å². The lowest BCUT2D eigenvalue weighted by Gasteiger charge is -2.41. The summed E-state index contributed by atoms with van der Waals surface area (Å²) in [4.78, 5) is 15.1. The van der Waals surface area contributed by atoms with Crippen molar-refractivity contribution in [3.05, 3.63) is 17.5 Å². The van der Waals surface area contributed by atoms with Gasteiger partial charge >= 0.3 is 0 Å². The van der Waals surface area contributed by atoms with Gasteiger partial charge < -0.3 is 14.7 Å². The maximum absolute atomic E-state index is 13.1. The molecule has 2 aliphatic carbocycles. The second-order valence-electron chi connectivity index (χ2n) is 11.4. The minimum atomic E-state index is -2.40. The Morgan fingerprint density at radius 1 is 1.08 bits per heavy atom. The summed E-state index contributed by atoms with van der Waals surface area (Å²) in [5.41, 5.74) is 0.420. The molecule has 4 heterocycles. The number of halogens is 2. The average molecular weight is 525 g/mol. The molecule has 1 aromatic heterocycles. The summed E-state index contributed by atoms with van der Waals surface area (Å²) >= 11 is 2.02. The van der Waals surface area contributed by atoms with Crippen LogP contribution >= 0.6 is 11.9 Å². The fraction of sp³-hybridized carbons (Fsp3) is 0.852. The number of hydrogen-bond donors (Lipinski definition) is 1. The number of carbonyl (C=O) groups excluding carboxylic acids is 1. The minimum absolute atomic E-state index is 0.0854. The molecule has 3 saturated heterocycles. The molecule has 36 heavy (non-hydrogen) atoms. The van der Waals surface area contributed by atoms with E-state index in [1.165, 1.54) is 25.7 Å². The van der Waals surface area contributed by atoms with Crippen molar-refractivity contribution < 1.29 is 18.1 Å². The molecule has 5 aliphatic rings. The van der Waals surface area contributed by atoms with Crippen molar-refractivity contribution in [3.8, 4) is 0 Å². The van der Waals surface area contributed by atoms with E-state index in [0.717, 1.165) is 56.8 Å². The van der Waals surface area contributed by atoms with Crippen LogP contribution in [-0.2, 0) is 0 Å². The number of carbonyl (C=O) groups is 1. The van der Waals surface area contributed by atoms with E-state index in [1.54, 1.807) is 0 Å². The molecule has 1 N–H and O–H groups in total. The lowest BCUT2D eigenvalue weighted by Crippen LogP contribution is -2.48. The standard InChI is InChI=1S/C25H36F2N4O2S.C2H6/c26-25(27)12-17(13-25)14-30-7-5-16(6-8-30)15-34-31-20-3-4-21(31)10-19(9-20)28-24(32)22-11-23(33-29-22)18-1-2-18;1-2/h11,16-21H,1-10,12-15H2,(H,28,32);1-2H3/t19?,20-,21?;/m1./s1. The summed E-state index contributed by atoms with van der Waals surface area (Å²) in [6.45, 7) is 6.96. The molecule has 3 aliphatic heterocycles. The molecule has 2 unspecified atom stereocenters. The summed E-state index contributed by atoms with van der Waals surface area (Å²) in [6.07, 6.45) is 9.24. The number of piperidine rings is 2. The molecule has 2 bridgehead atoms. The Labute approximate surface area is 218 Å². The predicted octanol–water partition coefficient (Wildman–Crippen LogP) is 5.71. The molecule has 9 heteroatoms. The zero-order valence-electron chi connectivity index (χ0n) is 21.8. The van der Waals surface area contributed by atoms with Crippen LogP contribution in [0, 0.1) is 11.8 Å². The number of fused-ring (bicyclic) bond motifs is 2. The Morgan fingerprint density at radius 2 is 1.75 bits per heavy atom. The van der Waals surface area contributed by atoms with E-state index in [4.69, 9.17) is 4.52 Å². The van der Waals surface area contributed by atoms with Gasteiger partial charge in [0.05, 0.1) is 0 Å². The summed E-state index contributed by atoms with van der Waals surface area (Å²) in [5, 5.41) is 7.21. The summed E-state index contributed by atoms with van der Waals surface area (Å²) in [5.74, 6) is 0.892. The number of amides is 1. The molecule has 5 fully saturated rings. The molecule has 202 valence electrons. The van der Waals surface area contributed by atoms with Gasteiger partial charge in [-0.15, -0.1) is 0 Å². The smallest absolute Gasteiger partial charge is 0.273 e. The van der Waals surface area contributed by atoms with Gasteiger partial charge in [-0.2, -0.15) is 0 Å². The van der Waals surface area contributed by atoms with Crippen LogP contribution < -0.4 is 5.32 Å². The van der Waals surface area contributed by atoms with Gasteiger partial charge in [-0.05, 0) is 76.3 Å². The monoisotopic (exact) mass is 524 g/mol. The number of rotatable bonds is 8. The van der Waals surface area contributed by atoms with Crippen molar-refractivity contribution in [1.82, 2.24) is 19.7 Å². The topological polar surface area (TPSA) is 61.6 Å². The molecule has 0 spiro atoms. The first-order valence-electron chi connectivity index (χ1n) is 14.2. The quantitative estimate of drug-likeness (QED) is 0.440. The third kappa shape index (κ3) is 6.26. The Hall–Kier alpha value is -1.19. The first-order chi connectivity index (χ1) is 17.4. The minimum Gasteiger partial charge on any atom is -0.360 e. The van der Waals surface area contributed by atoms with Gasteiger partial charge in [0.15, 0.2) is 5.69 Å². The van der Waals surface area contributed by atoms with Crippen LogP contribution in [0.4, 0.5) is 8.78 Å². The highest BCUT2D eigenvalue weighted by molar-refractivity contribution is 7.97. The van der Waals surface area contributed by atoms with E-state index in [2.05, 4.69) is 19.7 Å².